The second-order valence-corrected chi connectivity index (χ2v) is 6.07. The number of ether oxygens (including phenoxy) is 3. The van der Waals surface area contributed by atoms with E-state index in [9.17, 15) is 9.59 Å². The number of esters is 2. The number of para-hydroxylation sites is 2. The largest absolute Gasteiger partial charge is 0.493 e. The number of pyridine rings is 1. The van der Waals surface area contributed by atoms with Gasteiger partial charge in [-0.25, -0.2) is 14.6 Å². The molecule has 0 N–H and O–H groups in total. The van der Waals surface area contributed by atoms with Crippen molar-refractivity contribution >= 4 is 22.8 Å². The van der Waals surface area contributed by atoms with Crippen LogP contribution in [-0.4, -0.2) is 30.6 Å². The summed E-state index contributed by atoms with van der Waals surface area (Å²) in [6.07, 6.45) is 0. The lowest BCUT2D eigenvalue weighted by Gasteiger charge is -2.14. The lowest BCUT2D eigenvalue weighted by atomic mass is 10.0. The smallest absolute Gasteiger partial charge is 0.342 e. The minimum Gasteiger partial charge on any atom is -0.493 e. The van der Waals surface area contributed by atoms with E-state index in [1.54, 1.807) is 24.3 Å². The minimum atomic E-state index is -0.549. The summed E-state index contributed by atoms with van der Waals surface area (Å²) in [5.41, 5.74) is 2.44. The molecule has 0 radical (unpaired) electrons. The Bertz CT molecular complexity index is 1030. The highest BCUT2D eigenvalue weighted by Crippen LogP contribution is 2.25. The number of carbonyl (C=O) groups excluding carboxylic acids is 2. The standard InChI is InChI=1S/C22H21NO5/c1-4-27-19-12-8-6-10-16(19)21(24)28-13-18-20(22(25)26-3)14(2)15-9-5-7-11-17(15)23-18/h5-12H,4,13H2,1-3H3. The Labute approximate surface area is 163 Å². The van der Waals surface area contributed by atoms with E-state index in [1.807, 2.05) is 38.1 Å². The predicted octanol–water partition coefficient (Wildman–Crippen LogP) is 4.09. The first-order valence-electron chi connectivity index (χ1n) is 8.92. The molecule has 144 valence electrons. The SMILES string of the molecule is CCOc1ccccc1C(=O)OCc1nc2ccccc2c(C)c1C(=O)OC. The normalized spacial score (nSPS) is 10.5. The van der Waals surface area contributed by atoms with Crippen molar-refractivity contribution < 1.29 is 23.8 Å². The molecule has 0 amide bonds. The van der Waals surface area contributed by atoms with Crippen molar-refractivity contribution in [3.8, 4) is 5.75 Å². The van der Waals surface area contributed by atoms with E-state index >= 15 is 0 Å². The van der Waals surface area contributed by atoms with Gasteiger partial charge in [0.2, 0.25) is 0 Å². The van der Waals surface area contributed by atoms with Crippen LogP contribution in [0, 0.1) is 6.92 Å². The van der Waals surface area contributed by atoms with Crippen LogP contribution < -0.4 is 4.74 Å². The third kappa shape index (κ3) is 3.81. The number of aromatic nitrogens is 1. The molecule has 0 fully saturated rings. The monoisotopic (exact) mass is 379 g/mol. The maximum Gasteiger partial charge on any atom is 0.342 e. The highest BCUT2D eigenvalue weighted by Gasteiger charge is 2.21. The molecule has 0 saturated carbocycles. The molecule has 0 spiro atoms. The molecule has 1 heterocycles. The first-order valence-corrected chi connectivity index (χ1v) is 8.92. The van der Waals surface area contributed by atoms with E-state index in [-0.39, 0.29) is 6.61 Å². The maximum absolute atomic E-state index is 12.6. The van der Waals surface area contributed by atoms with Gasteiger partial charge >= 0.3 is 11.9 Å². The number of carbonyl (C=O) groups is 2. The zero-order valence-electron chi connectivity index (χ0n) is 16.0. The summed E-state index contributed by atoms with van der Waals surface area (Å²) in [6, 6.07) is 14.3. The van der Waals surface area contributed by atoms with Crippen molar-refractivity contribution in [1.29, 1.82) is 0 Å². The number of aryl methyl sites for hydroxylation is 1. The molecule has 0 aliphatic heterocycles. The van der Waals surface area contributed by atoms with E-state index in [4.69, 9.17) is 14.2 Å². The van der Waals surface area contributed by atoms with Crippen LogP contribution in [-0.2, 0) is 16.1 Å². The summed E-state index contributed by atoms with van der Waals surface area (Å²) >= 11 is 0. The zero-order chi connectivity index (χ0) is 20.1. The molecule has 1 aromatic heterocycles. The summed E-state index contributed by atoms with van der Waals surface area (Å²) in [7, 11) is 1.31. The number of fused-ring (bicyclic) bond motifs is 1. The Kier molecular flexibility index (Phi) is 5.89. The molecule has 0 unspecified atom stereocenters. The molecule has 6 nitrogen and oxygen atoms in total. The van der Waals surface area contributed by atoms with Gasteiger partial charge in [-0.2, -0.15) is 0 Å². The van der Waals surface area contributed by atoms with Crippen LogP contribution in [0.3, 0.4) is 0 Å². The van der Waals surface area contributed by atoms with Gasteiger partial charge in [0, 0.05) is 5.39 Å². The van der Waals surface area contributed by atoms with Gasteiger partial charge in [0.05, 0.1) is 30.5 Å². The van der Waals surface area contributed by atoms with Crippen molar-refractivity contribution in [2.24, 2.45) is 0 Å². The third-order valence-corrected chi connectivity index (χ3v) is 4.36. The van der Waals surface area contributed by atoms with Crippen LogP contribution >= 0.6 is 0 Å². The summed E-state index contributed by atoms with van der Waals surface area (Å²) in [6.45, 7) is 3.94. The molecule has 0 bridgehead atoms. The number of hydrogen-bond donors (Lipinski definition) is 0. The van der Waals surface area contributed by atoms with Crippen LogP contribution in [0.15, 0.2) is 48.5 Å². The number of nitrogens with zero attached hydrogens (tertiary/aromatic N) is 1. The zero-order valence-corrected chi connectivity index (χ0v) is 16.0. The maximum atomic E-state index is 12.6. The summed E-state index contributed by atoms with van der Waals surface area (Å²) in [5, 5.41) is 0.847. The van der Waals surface area contributed by atoms with Gasteiger partial charge in [-0.3, -0.25) is 0 Å². The Morgan fingerprint density at radius 1 is 1.00 bits per heavy atom. The van der Waals surface area contributed by atoms with Gasteiger partial charge in [0.15, 0.2) is 0 Å². The van der Waals surface area contributed by atoms with Gasteiger partial charge in [0.1, 0.15) is 17.9 Å². The second kappa shape index (κ2) is 8.52. The quantitative estimate of drug-likeness (QED) is 0.601. The predicted molar refractivity (Wildman–Crippen MR) is 105 cm³/mol. The third-order valence-electron chi connectivity index (χ3n) is 4.36. The minimum absolute atomic E-state index is 0.157. The highest BCUT2D eigenvalue weighted by molar-refractivity contribution is 5.98. The summed E-state index contributed by atoms with van der Waals surface area (Å²) < 4.78 is 15.8. The van der Waals surface area contributed by atoms with Gasteiger partial charge in [-0.05, 0) is 37.6 Å². The van der Waals surface area contributed by atoms with Gasteiger partial charge in [-0.15, -0.1) is 0 Å². The molecule has 0 aliphatic rings. The average molecular weight is 379 g/mol. The Morgan fingerprint density at radius 2 is 1.71 bits per heavy atom. The highest BCUT2D eigenvalue weighted by atomic mass is 16.5. The summed E-state index contributed by atoms with van der Waals surface area (Å²) in [5.74, 6) is -0.616. The number of benzene rings is 2. The number of hydrogen-bond acceptors (Lipinski definition) is 6. The van der Waals surface area contributed by atoms with Crippen LogP contribution in [0.5, 0.6) is 5.75 Å². The Hall–Kier alpha value is -3.41. The molecule has 0 saturated heterocycles. The van der Waals surface area contributed by atoms with E-state index in [1.165, 1.54) is 7.11 Å². The molecule has 0 aliphatic carbocycles. The van der Waals surface area contributed by atoms with Crippen molar-refractivity contribution in [2.75, 3.05) is 13.7 Å². The van der Waals surface area contributed by atoms with Crippen molar-refractivity contribution in [2.45, 2.75) is 20.5 Å². The van der Waals surface area contributed by atoms with Gasteiger partial charge < -0.3 is 14.2 Å². The fourth-order valence-corrected chi connectivity index (χ4v) is 3.05. The van der Waals surface area contributed by atoms with E-state index in [0.717, 1.165) is 10.9 Å². The van der Waals surface area contributed by atoms with Crippen molar-refractivity contribution in [1.82, 2.24) is 4.98 Å². The molecular formula is C22H21NO5. The number of rotatable bonds is 6. The Balaban J connectivity index is 1.94. The average Bonchev–Trinajstić information content (AvgIpc) is 2.72. The molecule has 3 aromatic rings. The van der Waals surface area contributed by atoms with Gasteiger partial charge in [0.25, 0.3) is 0 Å². The fraction of sp³-hybridized carbons (Fsp3) is 0.227. The van der Waals surface area contributed by atoms with Crippen LogP contribution in [0.1, 0.15) is 38.9 Å². The Morgan fingerprint density at radius 3 is 2.46 bits per heavy atom. The van der Waals surface area contributed by atoms with Crippen molar-refractivity contribution in [3.63, 3.8) is 0 Å². The molecule has 0 atom stereocenters. The first-order chi connectivity index (χ1) is 13.6. The van der Waals surface area contributed by atoms with E-state index in [0.29, 0.717) is 34.7 Å². The van der Waals surface area contributed by atoms with Gasteiger partial charge in [-0.1, -0.05) is 30.3 Å². The molecule has 2 aromatic carbocycles. The molecule has 6 heteroatoms. The lowest BCUT2D eigenvalue weighted by Crippen LogP contribution is -2.14. The molecular weight excluding hydrogens is 358 g/mol. The van der Waals surface area contributed by atoms with Crippen molar-refractivity contribution in [3.05, 3.63) is 70.9 Å². The van der Waals surface area contributed by atoms with E-state index < -0.39 is 11.9 Å². The van der Waals surface area contributed by atoms with Crippen LogP contribution in [0.4, 0.5) is 0 Å². The molecule has 28 heavy (non-hydrogen) atoms. The van der Waals surface area contributed by atoms with Crippen LogP contribution in [0.25, 0.3) is 10.9 Å². The summed E-state index contributed by atoms with van der Waals surface area (Å²) in [4.78, 5) is 29.4. The molecule has 3 rings (SSSR count). The first kappa shape index (κ1) is 19.4. The second-order valence-electron chi connectivity index (χ2n) is 6.07. The number of methoxy groups -OCH3 is 1. The topological polar surface area (TPSA) is 74.7 Å². The van der Waals surface area contributed by atoms with Crippen LogP contribution in [0.2, 0.25) is 0 Å². The fourth-order valence-electron chi connectivity index (χ4n) is 3.05. The lowest BCUT2D eigenvalue weighted by molar-refractivity contribution is 0.0451. The van der Waals surface area contributed by atoms with E-state index in [2.05, 4.69) is 4.98 Å².